The van der Waals surface area contributed by atoms with Crippen molar-refractivity contribution in [2.75, 3.05) is 6.61 Å². The molecule has 0 atom stereocenters. The first-order valence-electron chi connectivity index (χ1n) is 6.85. The molecule has 1 heterocycles. The Bertz CT molecular complexity index is 788. The Labute approximate surface area is 152 Å². The minimum Gasteiger partial charge on any atom is -0.454 e. The summed E-state index contributed by atoms with van der Waals surface area (Å²) >= 11 is 13.0. The van der Waals surface area contributed by atoms with Crippen LogP contribution in [0.4, 0.5) is 0 Å². The van der Waals surface area contributed by atoms with Crippen LogP contribution in [0.1, 0.15) is 31.8 Å². The molecule has 24 heavy (non-hydrogen) atoms. The summed E-state index contributed by atoms with van der Waals surface area (Å²) in [5.74, 6) is -1.20. The predicted molar refractivity (Wildman–Crippen MR) is 92.9 cm³/mol. The van der Waals surface area contributed by atoms with E-state index >= 15 is 0 Å². The van der Waals surface area contributed by atoms with Crippen LogP contribution in [-0.2, 0) is 16.1 Å². The van der Waals surface area contributed by atoms with Crippen molar-refractivity contribution in [3.05, 3.63) is 55.7 Å². The molecule has 0 fully saturated rings. The van der Waals surface area contributed by atoms with E-state index < -0.39 is 12.6 Å². The van der Waals surface area contributed by atoms with Gasteiger partial charge in [0.25, 0.3) is 0 Å². The molecule has 0 saturated carbocycles. The van der Waals surface area contributed by atoms with Gasteiger partial charge in [0.15, 0.2) is 6.61 Å². The number of carbonyl (C=O) groups excluding carboxylic acids is 3. The molecule has 0 aliphatic heterocycles. The smallest absolute Gasteiger partial charge is 0.340 e. The lowest BCUT2D eigenvalue weighted by Crippen LogP contribution is -2.18. The van der Waals surface area contributed by atoms with Gasteiger partial charge in [-0.15, -0.1) is 11.3 Å². The van der Waals surface area contributed by atoms with Gasteiger partial charge in [0, 0.05) is 16.8 Å². The summed E-state index contributed by atoms with van der Waals surface area (Å²) in [4.78, 5) is 36.2. The number of hydrogen-bond acceptors (Lipinski definition) is 5. The van der Waals surface area contributed by atoms with E-state index in [1.165, 1.54) is 30.4 Å². The highest BCUT2D eigenvalue weighted by atomic mass is 35.5. The van der Waals surface area contributed by atoms with Gasteiger partial charge in [0.05, 0.1) is 22.0 Å². The Morgan fingerprint density at radius 1 is 1.17 bits per heavy atom. The number of amides is 1. The minimum atomic E-state index is -0.717. The van der Waals surface area contributed by atoms with E-state index in [0.717, 1.165) is 4.88 Å². The van der Waals surface area contributed by atoms with Crippen LogP contribution in [0.15, 0.2) is 30.3 Å². The van der Waals surface area contributed by atoms with Gasteiger partial charge in [-0.2, -0.15) is 0 Å². The van der Waals surface area contributed by atoms with Crippen LogP contribution < -0.4 is 5.32 Å². The molecule has 1 N–H and O–H groups in total. The van der Waals surface area contributed by atoms with Crippen molar-refractivity contribution in [3.8, 4) is 0 Å². The fourth-order valence-electron chi connectivity index (χ4n) is 1.77. The number of ketones is 1. The van der Waals surface area contributed by atoms with Crippen molar-refractivity contribution >= 4 is 52.2 Å². The SMILES string of the molecule is CC(=O)NCc1ccc(C(=O)COC(=O)c2cc(Cl)ccc2Cl)s1. The maximum absolute atomic E-state index is 12.1. The van der Waals surface area contributed by atoms with Crippen LogP contribution in [0.3, 0.4) is 0 Å². The zero-order chi connectivity index (χ0) is 17.7. The Balaban J connectivity index is 1.94. The summed E-state index contributed by atoms with van der Waals surface area (Å²) in [5, 5.41) is 3.19. The molecule has 0 aliphatic carbocycles. The molecule has 2 rings (SSSR count). The molecule has 8 heteroatoms. The molecule has 126 valence electrons. The maximum Gasteiger partial charge on any atom is 0.340 e. The molecule has 5 nitrogen and oxygen atoms in total. The number of thiophene rings is 1. The molecular formula is C16H13Cl2NO4S. The van der Waals surface area contributed by atoms with Crippen LogP contribution in [0, 0.1) is 0 Å². The maximum atomic E-state index is 12.1. The van der Waals surface area contributed by atoms with Gasteiger partial charge < -0.3 is 10.1 Å². The summed E-state index contributed by atoms with van der Waals surface area (Å²) in [6.07, 6.45) is 0. The first-order valence-corrected chi connectivity index (χ1v) is 8.42. The van der Waals surface area contributed by atoms with Crippen LogP contribution in [0.2, 0.25) is 10.0 Å². The lowest BCUT2D eigenvalue weighted by molar-refractivity contribution is -0.119. The second kappa shape index (κ2) is 8.28. The van der Waals surface area contributed by atoms with Gasteiger partial charge in [-0.25, -0.2) is 4.79 Å². The van der Waals surface area contributed by atoms with Crippen molar-refractivity contribution in [1.29, 1.82) is 0 Å². The fraction of sp³-hybridized carbons (Fsp3) is 0.188. The van der Waals surface area contributed by atoms with Gasteiger partial charge in [-0.1, -0.05) is 23.2 Å². The second-order valence-electron chi connectivity index (χ2n) is 4.80. The van der Waals surface area contributed by atoms with Crippen LogP contribution >= 0.6 is 34.5 Å². The monoisotopic (exact) mass is 385 g/mol. The molecule has 0 saturated heterocycles. The lowest BCUT2D eigenvalue weighted by atomic mass is 10.2. The normalized spacial score (nSPS) is 10.3. The average Bonchev–Trinajstić information content (AvgIpc) is 3.01. The second-order valence-corrected chi connectivity index (χ2v) is 6.81. The zero-order valence-electron chi connectivity index (χ0n) is 12.6. The van der Waals surface area contributed by atoms with Gasteiger partial charge in [-0.05, 0) is 30.3 Å². The molecule has 1 amide bonds. The van der Waals surface area contributed by atoms with Gasteiger partial charge in [0.2, 0.25) is 11.7 Å². The molecule has 1 aromatic carbocycles. The Hall–Kier alpha value is -1.89. The average molecular weight is 386 g/mol. The van der Waals surface area contributed by atoms with E-state index in [2.05, 4.69) is 5.32 Å². The van der Waals surface area contributed by atoms with Gasteiger partial charge >= 0.3 is 5.97 Å². The number of nitrogens with one attached hydrogen (secondary N) is 1. The van der Waals surface area contributed by atoms with Crippen molar-refractivity contribution in [3.63, 3.8) is 0 Å². The molecule has 0 bridgehead atoms. The number of ether oxygens (including phenoxy) is 1. The number of halogens is 2. The third-order valence-corrected chi connectivity index (χ3v) is 4.62. The van der Waals surface area contributed by atoms with E-state index in [1.54, 1.807) is 18.2 Å². The molecule has 1 aromatic heterocycles. The van der Waals surface area contributed by atoms with Crippen LogP contribution in [0.5, 0.6) is 0 Å². The third kappa shape index (κ3) is 5.06. The zero-order valence-corrected chi connectivity index (χ0v) is 14.9. The standard InChI is InChI=1S/C16H13Cl2NO4S/c1-9(20)19-7-11-3-5-15(24-11)14(21)8-23-16(22)12-6-10(17)2-4-13(12)18/h2-6H,7-8H2,1H3,(H,19,20). The molecule has 0 radical (unpaired) electrons. The number of esters is 1. The molecular weight excluding hydrogens is 373 g/mol. The third-order valence-electron chi connectivity index (χ3n) is 2.93. The first kappa shape index (κ1) is 18.4. The Morgan fingerprint density at radius 3 is 2.62 bits per heavy atom. The summed E-state index contributed by atoms with van der Waals surface area (Å²) < 4.78 is 4.99. The highest BCUT2D eigenvalue weighted by Crippen LogP contribution is 2.22. The van der Waals surface area contributed by atoms with E-state index in [-0.39, 0.29) is 22.3 Å². The van der Waals surface area contributed by atoms with E-state index in [0.29, 0.717) is 16.4 Å². The number of benzene rings is 1. The number of rotatable bonds is 6. The minimum absolute atomic E-state index is 0.106. The van der Waals surface area contributed by atoms with Crippen molar-refractivity contribution < 1.29 is 19.1 Å². The molecule has 0 spiro atoms. The van der Waals surface area contributed by atoms with E-state index in [4.69, 9.17) is 27.9 Å². The highest BCUT2D eigenvalue weighted by molar-refractivity contribution is 7.14. The molecule has 2 aromatic rings. The van der Waals surface area contributed by atoms with Gasteiger partial charge in [0.1, 0.15) is 0 Å². The number of hydrogen-bond donors (Lipinski definition) is 1. The quantitative estimate of drug-likeness (QED) is 0.607. The predicted octanol–water partition coefficient (Wildman–Crippen LogP) is 3.73. The fourth-order valence-corrected chi connectivity index (χ4v) is 3.01. The van der Waals surface area contributed by atoms with Crippen LogP contribution in [0.25, 0.3) is 0 Å². The van der Waals surface area contributed by atoms with Crippen molar-refractivity contribution in [2.24, 2.45) is 0 Å². The highest BCUT2D eigenvalue weighted by Gasteiger charge is 2.16. The molecule has 0 unspecified atom stereocenters. The van der Waals surface area contributed by atoms with Crippen molar-refractivity contribution in [1.82, 2.24) is 5.32 Å². The largest absolute Gasteiger partial charge is 0.454 e. The van der Waals surface area contributed by atoms with Crippen LogP contribution in [-0.4, -0.2) is 24.3 Å². The van der Waals surface area contributed by atoms with E-state index in [9.17, 15) is 14.4 Å². The lowest BCUT2D eigenvalue weighted by Gasteiger charge is -2.05. The summed E-state index contributed by atoms with van der Waals surface area (Å²) in [6, 6.07) is 7.78. The summed E-state index contributed by atoms with van der Waals surface area (Å²) in [5.41, 5.74) is 0.106. The molecule has 0 aliphatic rings. The summed E-state index contributed by atoms with van der Waals surface area (Å²) in [6.45, 7) is 1.37. The van der Waals surface area contributed by atoms with Crippen molar-refractivity contribution in [2.45, 2.75) is 13.5 Å². The van der Waals surface area contributed by atoms with Gasteiger partial charge in [-0.3, -0.25) is 9.59 Å². The Kier molecular flexibility index (Phi) is 6.36. The number of carbonyl (C=O) groups is 3. The van der Waals surface area contributed by atoms with E-state index in [1.807, 2.05) is 0 Å². The summed E-state index contributed by atoms with van der Waals surface area (Å²) in [7, 11) is 0. The number of Topliss-reactive ketones (excluding diaryl/α,β-unsaturated/α-hetero) is 1. The first-order chi connectivity index (χ1) is 11.4. The Morgan fingerprint density at radius 2 is 1.92 bits per heavy atom. The topological polar surface area (TPSA) is 72.5 Å².